The van der Waals surface area contributed by atoms with Crippen LogP contribution >= 0.6 is 0 Å². The van der Waals surface area contributed by atoms with Gasteiger partial charge in [-0.2, -0.15) is 10.5 Å². The fourth-order valence-electron chi connectivity index (χ4n) is 3.04. The zero-order valence-corrected chi connectivity index (χ0v) is 16.4. The highest BCUT2D eigenvalue weighted by Crippen LogP contribution is 2.28. The van der Waals surface area contributed by atoms with E-state index in [0.717, 1.165) is 22.3 Å². The second-order valence-corrected chi connectivity index (χ2v) is 6.78. The average molecular weight is 416 g/mol. The number of rotatable bonds is 4. The Morgan fingerprint density at radius 3 is 0.938 bits per heavy atom. The molecule has 0 spiro atoms. The van der Waals surface area contributed by atoms with Crippen molar-refractivity contribution in [2.24, 2.45) is 0 Å². The SMILES string of the molecule is N#Cc1ccc(-c2nnc(-c3ccc(-c4nnc(-c5ccc(C#N)cc5)o4)cc3)o2)cc1. The Balaban J connectivity index is 1.36. The molecule has 150 valence electrons. The summed E-state index contributed by atoms with van der Waals surface area (Å²) in [7, 11) is 0. The maximum absolute atomic E-state index is 8.91. The first-order valence-electron chi connectivity index (χ1n) is 9.52. The number of benzene rings is 3. The quantitative estimate of drug-likeness (QED) is 0.406. The standard InChI is InChI=1S/C24H12N6O2/c25-13-15-1-5-17(6-2-15)21-27-29-23(31-21)19-9-11-20(12-10-19)24-30-28-22(32-24)18-7-3-16(14-26)4-8-18/h1-12H. The number of nitrogens with zero attached hydrogens (tertiary/aromatic N) is 6. The van der Waals surface area contributed by atoms with E-state index in [1.807, 2.05) is 24.3 Å². The summed E-state index contributed by atoms with van der Waals surface area (Å²) in [4.78, 5) is 0. The molecule has 2 heterocycles. The molecule has 0 amide bonds. The minimum absolute atomic E-state index is 0.373. The van der Waals surface area contributed by atoms with Crippen LogP contribution in [0.2, 0.25) is 0 Å². The van der Waals surface area contributed by atoms with Crippen LogP contribution in [-0.4, -0.2) is 20.4 Å². The molecule has 0 aliphatic rings. The van der Waals surface area contributed by atoms with Crippen LogP contribution in [0.3, 0.4) is 0 Å². The molecule has 8 nitrogen and oxygen atoms in total. The van der Waals surface area contributed by atoms with Gasteiger partial charge in [0.2, 0.25) is 23.6 Å². The highest BCUT2D eigenvalue weighted by Gasteiger charge is 2.13. The lowest BCUT2D eigenvalue weighted by Crippen LogP contribution is -1.81. The number of hydrogen-bond donors (Lipinski definition) is 0. The second kappa shape index (κ2) is 7.98. The van der Waals surface area contributed by atoms with Crippen molar-refractivity contribution in [1.82, 2.24) is 20.4 Å². The molecule has 0 bridgehead atoms. The number of aromatic nitrogens is 4. The van der Waals surface area contributed by atoms with Crippen molar-refractivity contribution >= 4 is 0 Å². The van der Waals surface area contributed by atoms with E-state index in [0.29, 0.717) is 34.7 Å². The van der Waals surface area contributed by atoms with Crippen molar-refractivity contribution in [3.8, 4) is 58.0 Å². The molecule has 0 radical (unpaired) electrons. The Labute approximate surface area is 182 Å². The number of hydrogen-bond acceptors (Lipinski definition) is 8. The molecule has 3 aromatic carbocycles. The molecule has 0 saturated heterocycles. The summed E-state index contributed by atoms with van der Waals surface area (Å²) < 4.78 is 11.6. The van der Waals surface area contributed by atoms with Crippen LogP contribution in [0.25, 0.3) is 45.8 Å². The summed E-state index contributed by atoms with van der Waals surface area (Å²) in [6, 6.07) is 25.3. The first kappa shape index (κ1) is 18.9. The van der Waals surface area contributed by atoms with Crippen LogP contribution in [0.1, 0.15) is 11.1 Å². The van der Waals surface area contributed by atoms with Gasteiger partial charge >= 0.3 is 0 Å². The van der Waals surface area contributed by atoms with Gasteiger partial charge in [0.15, 0.2) is 0 Å². The molecule has 0 N–H and O–H groups in total. The van der Waals surface area contributed by atoms with Gasteiger partial charge in [-0.1, -0.05) is 0 Å². The summed E-state index contributed by atoms with van der Waals surface area (Å²) in [5.74, 6) is 1.49. The molecule has 0 aliphatic carbocycles. The van der Waals surface area contributed by atoms with Crippen molar-refractivity contribution in [2.45, 2.75) is 0 Å². The zero-order chi connectivity index (χ0) is 21.9. The van der Waals surface area contributed by atoms with Crippen molar-refractivity contribution < 1.29 is 8.83 Å². The largest absolute Gasteiger partial charge is 0.416 e. The van der Waals surface area contributed by atoms with Gasteiger partial charge in [0.1, 0.15) is 0 Å². The van der Waals surface area contributed by atoms with Gasteiger partial charge in [0.05, 0.1) is 23.3 Å². The van der Waals surface area contributed by atoms with Crippen LogP contribution in [0.15, 0.2) is 81.6 Å². The van der Waals surface area contributed by atoms with E-state index in [-0.39, 0.29) is 0 Å². The minimum Gasteiger partial charge on any atom is -0.416 e. The Kier molecular flexibility index (Phi) is 4.72. The zero-order valence-electron chi connectivity index (χ0n) is 16.4. The molecule has 0 saturated carbocycles. The monoisotopic (exact) mass is 416 g/mol. The average Bonchev–Trinajstić information content (AvgIpc) is 3.55. The second-order valence-electron chi connectivity index (χ2n) is 6.78. The Bertz CT molecular complexity index is 1350. The van der Waals surface area contributed by atoms with Crippen LogP contribution < -0.4 is 0 Å². The van der Waals surface area contributed by atoms with Crippen molar-refractivity contribution in [3.05, 3.63) is 83.9 Å². The molecule has 0 unspecified atom stereocenters. The lowest BCUT2D eigenvalue weighted by molar-refractivity contribution is 0.582. The lowest BCUT2D eigenvalue weighted by Gasteiger charge is -1.98. The maximum Gasteiger partial charge on any atom is 0.248 e. The third kappa shape index (κ3) is 3.60. The molecule has 0 fully saturated rings. The highest BCUT2D eigenvalue weighted by molar-refractivity contribution is 5.64. The summed E-state index contributed by atoms with van der Waals surface area (Å²) in [6.45, 7) is 0. The van der Waals surface area contributed by atoms with E-state index in [9.17, 15) is 0 Å². The Morgan fingerprint density at radius 2 is 0.688 bits per heavy atom. The van der Waals surface area contributed by atoms with E-state index < -0.39 is 0 Å². The topological polar surface area (TPSA) is 125 Å². The van der Waals surface area contributed by atoms with Crippen molar-refractivity contribution in [1.29, 1.82) is 10.5 Å². The van der Waals surface area contributed by atoms with Crippen LogP contribution in [0, 0.1) is 22.7 Å². The van der Waals surface area contributed by atoms with E-state index in [4.69, 9.17) is 19.4 Å². The van der Waals surface area contributed by atoms with Gasteiger partial charge in [-0.25, -0.2) is 0 Å². The molecular formula is C24H12N6O2. The summed E-state index contributed by atoms with van der Waals surface area (Å²) >= 11 is 0. The Hall–Kier alpha value is -5.08. The summed E-state index contributed by atoms with van der Waals surface area (Å²) in [5.41, 5.74) is 4.09. The van der Waals surface area contributed by atoms with E-state index in [1.165, 1.54) is 0 Å². The first-order valence-corrected chi connectivity index (χ1v) is 9.52. The van der Waals surface area contributed by atoms with Crippen molar-refractivity contribution in [3.63, 3.8) is 0 Å². The smallest absolute Gasteiger partial charge is 0.248 e. The van der Waals surface area contributed by atoms with Crippen LogP contribution in [-0.2, 0) is 0 Å². The van der Waals surface area contributed by atoms with Gasteiger partial charge in [0.25, 0.3) is 0 Å². The predicted octanol–water partition coefficient (Wildman–Crippen LogP) is 4.86. The third-order valence-electron chi connectivity index (χ3n) is 4.75. The molecule has 0 aliphatic heterocycles. The molecule has 2 aromatic heterocycles. The minimum atomic E-state index is 0.373. The Morgan fingerprint density at radius 1 is 0.438 bits per heavy atom. The fourth-order valence-corrected chi connectivity index (χ4v) is 3.04. The third-order valence-corrected chi connectivity index (χ3v) is 4.75. The number of nitriles is 2. The van der Waals surface area contributed by atoms with Gasteiger partial charge in [-0.3, -0.25) is 0 Å². The normalized spacial score (nSPS) is 10.4. The summed E-state index contributed by atoms with van der Waals surface area (Å²) in [5, 5.41) is 34.2. The van der Waals surface area contributed by atoms with Crippen LogP contribution in [0.5, 0.6) is 0 Å². The van der Waals surface area contributed by atoms with Gasteiger partial charge in [0, 0.05) is 22.3 Å². The predicted molar refractivity (Wildman–Crippen MR) is 113 cm³/mol. The van der Waals surface area contributed by atoms with Crippen molar-refractivity contribution in [2.75, 3.05) is 0 Å². The molecule has 0 atom stereocenters. The maximum atomic E-state index is 8.91. The van der Waals surface area contributed by atoms with E-state index in [2.05, 4.69) is 32.5 Å². The van der Waals surface area contributed by atoms with Gasteiger partial charge in [-0.05, 0) is 72.8 Å². The van der Waals surface area contributed by atoms with Gasteiger partial charge in [-0.15, -0.1) is 20.4 Å². The first-order chi connectivity index (χ1) is 15.7. The lowest BCUT2D eigenvalue weighted by atomic mass is 10.1. The fraction of sp³-hybridized carbons (Fsp3) is 0. The van der Waals surface area contributed by atoms with E-state index >= 15 is 0 Å². The molecule has 32 heavy (non-hydrogen) atoms. The summed E-state index contributed by atoms with van der Waals surface area (Å²) in [6.07, 6.45) is 0. The highest BCUT2D eigenvalue weighted by atomic mass is 16.4. The molecule has 5 aromatic rings. The van der Waals surface area contributed by atoms with Gasteiger partial charge < -0.3 is 8.83 Å². The molecule has 8 heteroatoms. The molecule has 5 rings (SSSR count). The molecular weight excluding hydrogens is 404 g/mol. The van der Waals surface area contributed by atoms with Crippen LogP contribution in [0.4, 0.5) is 0 Å². The van der Waals surface area contributed by atoms with E-state index in [1.54, 1.807) is 48.5 Å².